The molecule has 1 fully saturated rings. The Hall–Kier alpha value is -0.740. The van der Waals surface area contributed by atoms with Crippen LogP contribution >= 0.6 is 24.0 Å². The highest BCUT2D eigenvalue weighted by Gasteiger charge is 2.26. The molecule has 9 heteroatoms. The molecular weight excluding hydrogens is 448 g/mol. The monoisotopic (exact) mass is 478 g/mol. The number of nitrogens with zero attached hydrogens (tertiary/aromatic N) is 1. The summed E-state index contributed by atoms with van der Waals surface area (Å²) < 4.78 is 36.4. The molecule has 1 aliphatic rings. The van der Waals surface area contributed by atoms with Gasteiger partial charge in [-0.05, 0) is 25.7 Å². The van der Waals surface area contributed by atoms with Gasteiger partial charge in [0.2, 0.25) is 5.91 Å². The molecule has 0 spiro atoms. The molecule has 148 valence electrons. The minimum atomic E-state index is -4.20. The second kappa shape index (κ2) is 13.5. The summed E-state index contributed by atoms with van der Waals surface area (Å²) in [6.07, 6.45) is 1.36. The van der Waals surface area contributed by atoms with Gasteiger partial charge in [0.25, 0.3) is 0 Å². The third-order valence-electron chi connectivity index (χ3n) is 3.95. The van der Waals surface area contributed by atoms with Crippen molar-refractivity contribution < 1.29 is 18.0 Å². The number of guanidine groups is 1. The fraction of sp³-hybridized carbons (Fsp3) is 0.875. The third kappa shape index (κ3) is 13.2. The van der Waals surface area contributed by atoms with Crippen molar-refractivity contribution in [3.05, 3.63) is 0 Å². The van der Waals surface area contributed by atoms with Crippen LogP contribution in [0.1, 0.15) is 51.9 Å². The predicted molar refractivity (Wildman–Crippen MR) is 104 cm³/mol. The van der Waals surface area contributed by atoms with Crippen LogP contribution in [-0.2, 0) is 4.79 Å². The maximum absolute atomic E-state index is 12.1. The minimum Gasteiger partial charge on any atom is -0.357 e. The molecule has 0 bridgehead atoms. The molecule has 0 aromatic heterocycles. The first kappa shape index (κ1) is 24.3. The molecule has 1 aliphatic carbocycles. The van der Waals surface area contributed by atoms with Crippen LogP contribution in [0.15, 0.2) is 4.99 Å². The van der Waals surface area contributed by atoms with Gasteiger partial charge in [-0.2, -0.15) is 13.2 Å². The second-order valence-corrected chi connectivity index (χ2v) is 6.11. The average Bonchev–Trinajstić information content (AvgIpc) is 2.51. The van der Waals surface area contributed by atoms with Gasteiger partial charge in [-0.25, -0.2) is 0 Å². The lowest BCUT2D eigenvalue weighted by Gasteiger charge is -2.20. The lowest BCUT2D eigenvalue weighted by molar-refractivity contribution is -0.132. The molecule has 0 heterocycles. The molecule has 25 heavy (non-hydrogen) atoms. The van der Waals surface area contributed by atoms with Crippen molar-refractivity contribution in [2.24, 2.45) is 10.9 Å². The average molecular weight is 478 g/mol. The van der Waals surface area contributed by atoms with E-state index < -0.39 is 12.6 Å². The van der Waals surface area contributed by atoms with Crippen LogP contribution < -0.4 is 16.0 Å². The number of rotatable bonds is 8. The molecule has 5 nitrogen and oxygen atoms in total. The van der Waals surface area contributed by atoms with Crippen molar-refractivity contribution in [3.8, 4) is 0 Å². The molecule has 1 rings (SSSR count). The molecular formula is C16H30F3IN4O. The van der Waals surface area contributed by atoms with Crippen LogP contribution in [0.25, 0.3) is 0 Å². The highest BCUT2D eigenvalue weighted by atomic mass is 127. The summed E-state index contributed by atoms with van der Waals surface area (Å²) >= 11 is 0. The van der Waals surface area contributed by atoms with E-state index in [1.165, 1.54) is 19.3 Å². The molecule has 0 radical (unpaired) electrons. The molecule has 0 aromatic rings. The molecule has 1 saturated carbocycles. The van der Waals surface area contributed by atoms with E-state index in [0.717, 1.165) is 12.8 Å². The fourth-order valence-corrected chi connectivity index (χ4v) is 2.74. The normalized spacial score (nSPS) is 16.1. The van der Waals surface area contributed by atoms with Gasteiger partial charge in [0.05, 0.1) is 13.0 Å². The van der Waals surface area contributed by atoms with Gasteiger partial charge in [-0.15, -0.1) is 24.0 Å². The van der Waals surface area contributed by atoms with E-state index in [9.17, 15) is 18.0 Å². The van der Waals surface area contributed by atoms with Crippen molar-refractivity contribution in [2.45, 2.75) is 58.0 Å². The largest absolute Gasteiger partial charge is 0.390 e. The maximum atomic E-state index is 12.1. The third-order valence-corrected chi connectivity index (χ3v) is 3.95. The fourth-order valence-electron chi connectivity index (χ4n) is 2.74. The van der Waals surface area contributed by atoms with E-state index >= 15 is 0 Å². The van der Waals surface area contributed by atoms with Gasteiger partial charge in [-0.3, -0.25) is 9.79 Å². The van der Waals surface area contributed by atoms with Gasteiger partial charge in [0, 0.05) is 26.1 Å². The summed E-state index contributed by atoms with van der Waals surface area (Å²) in [5.41, 5.74) is 0. The summed E-state index contributed by atoms with van der Waals surface area (Å²) in [6, 6.07) is 0. The number of nitrogens with one attached hydrogen (secondary N) is 3. The second-order valence-electron chi connectivity index (χ2n) is 6.11. The lowest BCUT2D eigenvalue weighted by Crippen LogP contribution is -2.42. The first-order chi connectivity index (χ1) is 11.4. The zero-order valence-corrected chi connectivity index (χ0v) is 17.1. The predicted octanol–water partition coefficient (Wildman–Crippen LogP) is 3.20. The van der Waals surface area contributed by atoms with Crippen molar-refractivity contribution in [3.63, 3.8) is 0 Å². The Morgan fingerprint density at radius 3 is 2.32 bits per heavy atom. The van der Waals surface area contributed by atoms with E-state index in [2.05, 4.69) is 20.9 Å². The number of amides is 1. The summed E-state index contributed by atoms with van der Waals surface area (Å²) in [7, 11) is 0. The van der Waals surface area contributed by atoms with E-state index in [0.29, 0.717) is 37.9 Å². The number of carbonyl (C=O) groups is 1. The van der Waals surface area contributed by atoms with E-state index in [1.54, 1.807) is 0 Å². The van der Waals surface area contributed by atoms with Crippen LogP contribution in [0, 0.1) is 5.92 Å². The summed E-state index contributed by atoms with van der Waals surface area (Å²) in [4.78, 5) is 15.7. The number of alkyl halides is 3. The van der Waals surface area contributed by atoms with Crippen molar-refractivity contribution in [1.82, 2.24) is 16.0 Å². The summed E-state index contributed by atoms with van der Waals surface area (Å²) in [6.45, 7) is 2.94. The number of hydrogen-bond acceptors (Lipinski definition) is 2. The molecule has 0 unspecified atom stereocenters. The number of hydrogen-bond donors (Lipinski definition) is 3. The molecule has 0 saturated heterocycles. The summed E-state index contributed by atoms with van der Waals surface area (Å²) in [5, 5.41) is 8.65. The quantitative estimate of drug-likeness (QED) is 0.217. The maximum Gasteiger partial charge on any atom is 0.390 e. The first-order valence-corrected chi connectivity index (χ1v) is 8.76. The minimum absolute atomic E-state index is 0. The SMILES string of the molecule is CCNC(=NCCC(F)(F)F)NCCNC(=O)CC1CCCCC1.I. The highest BCUT2D eigenvalue weighted by molar-refractivity contribution is 14.0. The van der Waals surface area contributed by atoms with Gasteiger partial charge in [0.1, 0.15) is 0 Å². The Morgan fingerprint density at radius 1 is 1.08 bits per heavy atom. The number of carbonyl (C=O) groups excluding carboxylic acids is 1. The smallest absolute Gasteiger partial charge is 0.357 e. The zero-order chi connectivity index (χ0) is 17.8. The van der Waals surface area contributed by atoms with Crippen molar-refractivity contribution >= 4 is 35.8 Å². The lowest BCUT2D eigenvalue weighted by atomic mass is 9.87. The van der Waals surface area contributed by atoms with E-state index in [4.69, 9.17) is 0 Å². The Kier molecular flexibility index (Phi) is 13.1. The topological polar surface area (TPSA) is 65.5 Å². The summed E-state index contributed by atoms with van der Waals surface area (Å²) in [5.74, 6) is 0.874. The Morgan fingerprint density at radius 2 is 1.72 bits per heavy atom. The van der Waals surface area contributed by atoms with Crippen molar-refractivity contribution in [2.75, 3.05) is 26.2 Å². The molecule has 3 N–H and O–H groups in total. The van der Waals surface area contributed by atoms with Gasteiger partial charge < -0.3 is 16.0 Å². The van der Waals surface area contributed by atoms with E-state index in [-0.39, 0.29) is 36.4 Å². The Balaban J connectivity index is 0.00000576. The standard InChI is InChI=1S/C16H29F3N4O.HI/c1-2-20-15(22-9-8-16(17,18)19)23-11-10-21-14(24)12-13-6-4-3-5-7-13;/h13H,2-12H2,1H3,(H,21,24)(H2,20,22,23);1H. The van der Waals surface area contributed by atoms with Crippen LogP contribution in [0.4, 0.5) is 13.2 Å². The van der Waals surface area contributed by atoms with Gasteiger partial charge in [0.15, 0.2) is 5.96 Å². The molecule has 0 aliphatic heterocycles. The van der Waals surface area contributed by atoms with Crippen LogP contribution in [0.2, 0.25) is 0 Å². The van der Waals surface area contributed by atoms with Gasteiger partial charge in [-0.1, -0.05) is 19.3 Å². The highest BCUT2D eigenvalue weighted by Crippen LogP contribution is 2.25. The van der Waals surface area contributed by atoms with Crippen LogP contribution in [-0.4, -0.2) is 44.2 Å². The molecule has 0 atom stereocenters. The Bertz CT molecular complexity index is 399. The molecule has 1 amide bonds. The van der Waals surface area contributed by atoms with Gasteiger partial charge >= 0.3 is 6.18 Å². The first-order valence-electron chi connectivity index (χ1n) is 8.76. The van der Waals surface area contributed by atoms with Crippen LogP contribution in [0.3, 0.4) is 0 Å². The van der Waals surface area contributed by atoms with Crippen LogP contribution in [0.5, 0.6) is 0 Å². The number of aliphatic imine (C=N–C) groups is 1. The van der Waals surface area contributed by atoms with Crippen molar-refractivity contribution in [1.29, 1.82) is 0 Å². The molecule has 0 aromatic carbocycles. The number of halogens is 4. The zero-order valence-electron chi connectivity index (χ0n) is 14.8. The van der Waals surface area contributed by atoms with E-state index in [1.807, 2.05) is 6.92 Å². The Labute approximate surface area is 165 Å².